The smallest absolute Gasteiger partial charge is 0.373 e. The van der Waals surface area contributed by atoms with Crippen molar-refractivity contribution in [2.24, 2.45) is 0 Å². The molecule has 0 bridgehead atoms. The number of hydrogen-bond acceptors (Lipinski definition) is 7. The molecule has 1 aromatic carbocycles. The summed E-state index contributed by atoms with van der Waals surface area (Å²) < 4.78 is 0.709. The maximum absolute atomic E-state index is 11.0. The van der Waals surface area contributed by atoms with Crippen LogP contribution in [0, 0.1) is 0 Å². The lowest BCUT2D eigenvalue weighted by molar-refractivity contribution is 0.0683. The Hall–Kier alpha value is -2.06. The van der Waals surface area contributed by atoms with E-state index in [9.17, 15) is 4.79 Å². The minimum atomic E-state index is -1.15. The van der Waals surface area contributed by atoms with E-state index in [0.717, 1.165) is 5.39 Å². The van der Waals surface area contributed by atoms with Crippen molar-refractivity contribution in [3.05, 3.63) is 35.6 Å². The van der Waals surface area contributed by atoms with E-state index in [-0.39, 0.29) is 5.82 Å². The molecule has 0 radical (unpaired) electrons. The molecular weight excluding hydrogens is 284 g/mol. The third-order valence-electron chi connectivity index (χ3n) is 2.28. The highest BCUT2D eigenvalue weighted by atomic mass is 32.2. The molecule has 3 rings (SSSR count). The SMILES string of the molecule is O=C(O)c1nc(Sc2nncs2)c2ccccc2n1. The predicted octanol–water partition coefficient (Wildman–Crippen LogP) is 2.33. The van der Waals surface area contributed by atoms with E-state index in [1.54, 1.807) is 17.6 Å². The Balaban J connectivity index is 2.17. The largest absolute Gasteiger partial charge is 0.475 e. The van der Waals surface area contributed by atoms with Gasteiger partial charge in [0.25, 0.3) is 0 Å². The van der Waals surface area contributed by atoms with E-state index < -0.39 is 5.97 Å². The number of benzene rings is 1. The molecular formula is C11H6N4O2S2. The second-order valence-corrected chi connectivity index (χ2v) is 5.55. The summed E-state index contributed by atoms with van der Waals surface area (Å²) in [5.41, 5.74) is 2.21. The van der Waals surface area contributed by atoms with E-state index in [4.69, 9.17) is 5.11 Å². The number of aromatic carboxylic acids is 1. The summed E-state index contributed by atoms with van der Waals surface area (Å²) in [6.07, 6.45) is 0. The van der Waals surface area contributed by atoms with Crippen molar-refractivity contribution >= 4 is 40.0 Å². The zero-order valence-electron chi connectivity index (χ0n) is 9.35. The van der Waals surface area contributed by atoms with Gasteiger partial charge in [0.05, 0.1) is 5.52 Å². The Kier molecular flexibility index (Phi) is 3.10. The van der Waals surface area contributed by atoms with Crippen molar-refractivity contribution in [3.8, 4) is 0 Å². The van der Waals surface area contributed by atoms with Crippen LogP contribution >= 0.6 is 23.1 Å². The number of carboxylic acids is 1. The van der Waals surface area contributed by atoms with Gasteiger partial charge in [-0.3, -0.25) is 0 Å². The zero-order chi connectivity index (χ0) is 13.2. The second-order valence-electron chi connectivity index (χ2n) is 3.48. The van der Waals surface area contributed by atoms with Gasteiger partial charge in [0.15, 0.2) is 4.34 Å². The fourth-order valence-electron chi connectivity index (χ4n) is 1.51. The quantitative estimate of drug-likeness (QED) is 0.740. The fraction of sp³-hybridized carbons (Fsp3) is 0. The molecule has 0 atom stereocenters. The summed E-state index contributed by atoms with van der Waals surface area (Å²) in [7, 11) is 0. The molecule has 2 aromatic heterocycles. The average molecular weight is 290 g/mol. The fourth-order valence-corrected chi connectivity index (χ4v) is 3.02. The van der Waals surface area contributed by atoms with E-state index in [1.165, 1.54) is 23.1 Å². The molecule has 2 heterocycles. The number of aromatic nitrogens is 4. The van der Waals surface area contributed by atoms with Gasteiger partial charge >= 0.3 is 5.97 Å². The number of para-hydroxylation sites is 1. The van der Waals surface area contributed by atoms with Crippen molar-refractivity contribution in [2.45, 2.75) is 9.37 Å². The molecule has 0 fully saturated rings. The first-order valence-corrected chi connectivity index (χ1v) is 6.88. The van der Waals surface area contributed by atoms with Gasteiger partial charge in [0, 0.05) is 5.39 Å². The number of carbonyl (C=O) groups is 1. The van der Waals surface area contributed by atoms with Gasteiger partial charge in [-0.05, 0) is 17.8 Å². The Morgan fingerprint density at radius 3 is 2.84 bits per heavy atom. The zero-order valence-corrected chi connectivity index (χ0v) is 11.0. The minimum Gasteiger partial charge on any atom is -0.475 e. The summed E-state index contributed by atoms with van der Waals surface area (Å²) in [4.78, 5) is 19.1. The summed E-state index contributed by atoms with van der Waals surface area (Å²) in [5.74, 6) is -1.37. The topological polar surface area (TPSA) is 88.9 Å². The van der Waals surface area contributed by atoms with E-state index in [2.05, 4.69) is 20.2 Å². The van der Waals surface area contributed by atoms with Gasteiger partial charge < -0.3 is 5.11 Å². The van der Waals surface area contributed by atoms with Crippen molar-refractivity contribution in [2.75, 3.05) is 0 Å². The Morgan fingerprint density at radius 2 is 2.11 bits per heavy atom. The van der Waals surface area contributed by atoms with Crippen molar-refractivity contribution in [1.82, 2.24) is 20.2 Å². The van der Waals surface area contributed by atoms with Gasteiger partial charge in [0.1, 0.15) is 10.5 Å². The van der Waals surface area contributed by atoms with Crippen molar-refractivity contribution in [3.63, 3.8) is 0 Å². The molecule has 0 aliphatic heterocycles. The molecule has 1 N–H and O–H groups in total. The predicted molar refractivity (Wildman–Crippen MR) is 70.5 cm³/mol. The van der Waals surface area contributed by atoms with Gasteiger partial charge in [-0.25, -0.2) is 14.8 Å². The van der Waals surface area contributed by atoms with Crippen LogP contribution in [0.4, 0.5) is 0 Å². The van der Waals surface area contributed by atoms with Crippen LogP contribution in [0.15, 0.2) is 39.1 Å². The minimum absolute atomic E-state index is 0.217. The Bertz CT molecular complexity index is 746. The van der Waals surface area contributed by atoms with Crippen LogP contribution in [-0.4, -0.2) is 31.2 Å². The summed E-state index contributed by atoms with van der Waals surface area (Å²) in [5, 5.41) is 18.1. The lowest BCUT2D eigenvalue weighted by atomic mass is 10.2. The second kappa shape index (κ2) is 4.90. The lowest BCUT2D eigenvalue weighted by Crippen LogP contribution is -2.05. The maximum atomic E-state index is 11.0. The monoisotopic (exact) mass is 290 g/mol. The number of nitrogens with zero attached hydrogens (tertiary/aromatic N) is 4. The summed E-state index contributed by atoms with van der Waals surface area (Å²) in [6.45, 7) is 0. The van der Waals surface area contributed by atoms with Crippen LogP contribution in [-0.2, 0) is 0 Å². The van der Waals surface area contributed by atoms with Gasteiger partial charge in [-0.1, -0.05) is 29.5 Å². The maximum Gasteiger partial charge on any atom is 0.373 e. The first-order valence-electron chi connectivity index (χ1n) is 5.18. The number of fused-ring (bicyclic) bond motifs is 1. The molecule has 6 nitrogen and oxygen atoms in total. The first kappa shape index (κ1) is 12.0. The highest BCUT2D eigenvalue weighted by molar-refractivity contribution is 8.01. The molecule has 0 aliphatic rings. The van der Waals surface area contributed by atoms with Crippen LogP contribution in [0.3, 0.4) is 0 Å². The number of hydrogen-bond donors (Lipinski definition) is 1. The molecule has 0 spiro atoms. The molecule has 0 saturated heterocycles. The van der Waals surface area contributed by atoms with E-state index >= 15 is 0 Å². The summed E-state index contributed by atoms with van der Waals surface area (Å²) >= 11 is 2.66. The van der Waals surface area contributed by atoms with Crippen LogP contribution in [0.5, 0.6) is 0 Å². The molecule has 19 heavy (non-hydrogen) atoms. The van der Waals surface area contributed by atoms with Crippen LogP contribution in [0.1, 0.15) is 10.6 Å². The third-order valence-corrected chi connectivity index (χ3v) is 4.07. The summed E-state index contributed by atoms with van der Waals surface area (Å²) in [6, 6.07) is 7.27. The standard InChI is InChI=1S/C11H6N4O2S2/c16-10(17)8-13-7-4-2-1-3-6(7)9(14-8)19-11-15-12-5-18-11/h1-5H,(H,16,17). The molecule has 0 amide bonds. The van der Waals surface area contributed by atoms with E-state index in [1.807, 2.05) is 12.1 Å². The van der Waals surface area contributed by atoms with Gasteiger partial charge in [0.2, 0.25) is 5.82 Å². The molecule has 0 aliphatic carbocycles. The highest BCUT2D eigenvalue weighted by Crippen LogP contribution is 2.31. The van der Waals surface area contributed by atoms with Crippen molar-refractivity contribution < 1.29 is 9.90 Å². The highest BCUT2D eigenvalue weighted by Gasteiger charge is 2.14. The molecule has 94 valence electrons. The van der Waals surface area contributed by atoms with Crippen LogP contribution < -0.4 is 0 Å². The molecule has 0 saturated carbocycles. The van der Waals surface area contributed by atoms with E-state index in [0.29, 0.717) is 14.9 Å². The number of carboxylic acid groups (broad SMARTS) is 1. The normalized spacial score (nSPS) is 10.7. The number of rotatable bonds is 3. The Labute approximate surface area is 115 Å². The van der Waals surface area contributed by atoms with Crippen LogP contribution in [0.2, 0.25) is 0 Å². The van der Waals surface area contributed by atoms with Gasteiger partial charge in [-0.2, -0.15) is 0 Å². The van der Waals surface area contributed by atoms with Crippen LogP contribution in [0.25, 0.3) is 10.9 Å². The van der Waals surface area contributed by atoms with Gasteiger partial charge in [-0.15, -0.1) is 10.2 Å². The lowest BCUT2D eigenvalue weighted by Gasteiger charge is -2.04. The molecule has 0 unspecified atom stereocenters. The Morgan fingerprint density at radius 1 is 1.26 bits per heavy atom. The molecule has 3 aromatic rings. The third kappa shape index (κ3) is 2.40. The first-order chi connectivity index (χ1) is 9.24. The molecule has 8 heteroatoms. The average Bonchev–Trinajstić information content (AvgIpc) is 2.91. The van der Waals surface area contributed by atoms with Crippen molar-refractivity contribution in [1.29, 1.82) is 0 Å².